The smallest absolute Gasteiger partial charge is 0.272 e. The van der Waals surface area contributed by atoms with E-state index in [4.69, 9.17) is 9.84 Å². The first-order valence-electron chi connectivity index (χ1n) is 14.6. The SMILES string of the molecule is CCn1nc(CC(C)C)cc1C(=O)N1CC[C@]23C(=O)N(CC(=O)NCCCOc4cccc(c4)[C@H]12)c1ccccc13. The zero-order valence-corrected chi connectivity index (χ0v) is 23.9. The maximum atomic E-state index is 14.6. The van der Waals surface area contributed by atoms with Crippen molar-refractivity contribution in [3.8, 4) is 5.75 Å². The molecule has 0 unspecified atom stereocenters. The molecule has 1 N–H and O–H groups in total. The number of nitrogens with zero attached hydrogens (tertiary/aromatic N) is 4. The Morgan fingerprint density at radius 1 is 1.15 bits per heavy atom. The first kappa shape index (κ1) is 27.1. The van der Waals surface area contributed by atoms with Crippen molar-refractivity contribution in [2.45, 2.75) is 58.0 Å². The number of fused-ring (bicyclic) bond motifs is 6. The van der Waals surface area contributed by atoms with Crippen molar-refractivity contribution in [1.82, 2.24) is 20.0 Å². The van der Waals surface area contributed by atoms with E-state index in [1.165, 1.54) is 0 Å². The maximum Gasteiger partial charge on any atom is 0.272 e. The van der Waals surface area contributed by atoms with Crippen molar-refractivity contribution in [3.63, 3.8) is 0 Å². The van der Waals surface area contributed by atoms with Crippen molar-refractivity contribution in [3.05, 3.63) is 77.1 Å². The Morgan fingerprint density at radius 2 is 1.98 bits per heavy atom. The van der Waals surface area contributed by atoms with Gasteiger partial charge in [-0.05, 0) is 67.5 Å². The van der Waals surface area contributed by atoms with Gasteiger partial charge < -0.3 is 19.9 Å². The average molecular weight is 556 g/mol. The summed E-state index contributed by atoms with van der Waals surface area (Å²) in [7, 11) is 0. The fourth-order valence-electron chi connectivity index (χ4n) is 6.74. The van der Waals surface area contributed by atoms with Crippen LogP contribution in [0, 0.1) is 5.92 Å². The molecule has 3 amide bonds. The monoisotopic (exact) mass is 555 g/mol. The minimum Gasteiger partial charge on any atom is -0.494 e. The molecule has 4 heterocycles. The van der Waals surface area contributed by atoms with E-state index in [1.54, 1.807) is 9.58 Å². The number of ether oxygens (including phenoxy) is 1. The summed E-state index contributed by atoms with van der Waals surface area (Å²) in [6, 6.07) is 16.8. The quantitative estimate of drug-likeness (QED) is 0.527. The number of hydrogen-bond donors (Lipinski definition) is 1. The Morgan fingerprint density at radius 3 is 2.78 bits per heavy atom. The molecule has 214 valence electrons. The zero-order chi connectivity index (χ0) is 28.7. The predicted octanol–water partition coefficient (Wildman–Crippen LogP) is 3.87. The lowest BCUT2D eigenvalue weighted by molar-refractivity contribution is -0.127. The van der Waals surface area contributed by atoms with Gasteiger partial charge in [0.25, 0.3) is 5.91 Å². The number of anilines is 1. The third-order valence-electron chi connectivity index (χ3n) is 8.44. The number of carbonyl (C=O) groups excluding carboxylic acids is 3. The van der Waals surface area contributed by atoms with Crippen LogP contribution in [0.15, 0.2) is 54.6 Å². The molecule has 1 saturated heterocycles. The first-order chi connectivity index (χ1) is 19.8. The summed E-state index contributed by atoms with van der Waals surface area (Å²) < 4.78 is 7.81. The third kappa shape index (κ3) is 4.57. The normalized spacial score (nSPS) is 22.2. The van der Waals surface area contributed by atoms with Crippen molar-refractivity contribution in [1.29, 1.82) is 0 Å². The van der Waals surface area contributed by atoms with Gasteiger partial charge in [0, 0.05) is 25.3 Å². The van der Waals surface area contributed by atoms with Gasteiger partial charge in [-0.2, -0.15) is 5.10 Å². The number of aryl methyl sites for hydroxylation is 1. The molecule has 0 radical (unpaired) electrons. The summed E-state index contributed by atoms with van der Waals surface area (Å²) in [5, 5.41) is 7.65. The standard InChI is InChI=1S/C32H37N5O4/c1-4-37-27(19-23(34-37)17-21(2)3)30(39)35-15-13-32-25-11-5-6-12-26(25)36(31(32)40)20-28(38)33-14-8-16-41-24-10-7-9-22(18-24)29(32)35/h5-7,9-12,18-19,21,29H,4,8,13-17,20H2,1-3H3,(H,33,38)/t29-,32+/m0/s1. The Balaban J connectivity index is 1.51. The van der Waals surface area contributed by atoms with Crippen LogP contribution in [0.5, 0.6) is 5.75 Å². The Labute approximate surface area is 240 Å². The van der Waals surface area contributed by atoms with Gasteiger partial charge in [-0.25, -0.2) is 0 Å². The molecule has 0 saturated carbocycles. The molecule has 41 heavy (non-hydrogen) atoms. The van der Waals surface area contributed by atoms with E-state index in [0.717, 1.165) is 28.9 Å². The maximum absolute atomic E-state index is 14.6. The van der Waals surface area contributed by atoms with Gasteiger partial charge >= 0.3 is 0 Å². The molecule has 2 atom stereocenters. The molecule has 3 aliphatic rings. The van der Waals surface area contributed by atoms with Gasteiger partial charge in [0.1, 0.15) is 23.4 Å². The number of hydrogen-bond acceptors (Lipinski definition) is 5. The Kier molecular flexibility index (Phi) is 7.05. The van der Waals surface area contributed by atoms with Crippen LogP contribution >= 0.6 is 0 Å². The van der Waals surface area contributed by atoms with Gasteiger partial charge in [-0.1, -0.05) is 44.2 Å². The number of rotatable bonds is 4. The molecular weight excluding hydrogens is 518 g/mol. The molecule has 3 aromatic rings. The second kappa shape index (κ2) is 10.7. The molecule has 9 nitrogen and oxygen atoms in total. The molecule has 0 aliphatic carbocycles. The fraction of sp³-hybridized carbons (Fsp3) is 0.438. The number of nitrogens with one attached hydrogen (secondary N) is 1. The lowest BCUT2D eigenvalue weighted by Gasteiger charge is -2.35. The minimum absolute atomic E-state index is 0.0691. The summed E-state index contributed by atoms with van der Waals surface area (Å²) >= 11 is 0. The zero-order valence-electron chi connectivity index (χ0n) is 23.9. The Bertz CT molecular complexity index is 1500. The topological polar surface area (TPSA) is 96.8 Å². The second-order valence-corrected chi connectivity index (χ2v) is 11.6. The predicted molar refractivity (Wildman–Crippen MR) is 155 cm³/mol. The number of para-hydroxylation sites is 1. The van der Waals surface area contributed by atoms with Crippen molar-refractivity contribution in [2.75, 3.05) is 31.1 Å². The van der Waals surface area contributed by atoms with Crippen LogP contribution in [0.1, 0.15) is 67.0 Å². The molecule has 1 fully saturated rings. The molecule has 1 spiro atoms. The van der Waals surface area contributed by atoms with Crippen molar-refractivity contribution in [2.24, 2.45) is 5.92 Å². The largest absolute Gasteiger partial charge is 0.494 e. The first-order valence-corrected chi connectivity index (χ1v) is 14.6. The minimum atomic E-state index is -1.03. The van der Waals surface area contributed by atoms with Crippen LogP contribution in [0.4, 0.5) is 5.69 Å². The van der Waals surface area contributed by atoms with Crippen LogP contribution in [0.25, 0.3) is 0 Å². The summed E-state index contributed by atoms with van der Waals surface area (Å²) in [4.78, 5) is 45.4. The van der Waals surface area contributed by atoms with Gasteiger partial charge in [0.15, 0.2) is 0 Å². The van der Waals surface area contributed by atoms with E-state index in [9.17, 15) is 14.4 Å². The van der Waals surface area contributed by atoms with E-state index >= 15 is 0 Å². The van der Waals surface area contributed by atoms with E-state index in [1.807, 2.05) is 66.4 Å². The summed E-state index contributed by atoms with van der Waals surface area (Å²) in [5.74, 6) is 0.569. The molecule has 6 rings (SSSR count). The Hall–Kier alpha value is -4.14. The number of likely N-dealkylation sites (tertiary alicyclic amines) is 1. The third-order valence-corrected chi connectivity index (χ3v) is 8.44. The van der Waals surface area contributed by atoms with E-state index < -0.39 is 11.5 Å². The highest BCUT2D eigenvalue weighted by atomic mass is 16.5. The van der Waals surface area contributed by atoms with Crippen LogP contribution in [-0.2, 0) is 28.0 Å². The van der Waals surface area contributed by atoms with Crippen molar-refractivity contribution < 1.29 is 19.1 Å². The van der Waals surface area contributed by atoms with Crippen molar-refractivity contribution >= 4 is 23.4 Å². The fourth-order valence-corrected chi connectivity index (χ4v) is 6.74. The number of carbonyl (C=O) groups is 3. The molecular formula is C32H37N5O4. The second-order valence-electron chi connectivity index (χ2n) is 11.6. The summed E-state index contributed by atoms with van der Waals surface area (Å²) in [6.45, 7) is 8.05. The number of benzene rings is 2. The summed E-state index contributed by atoms with van der Waals surface area (Å²) in [6.07, 6.45) is 1.86. The summed E-state index contributed by atoms with van der Waals surface area (Å²) in [5.41, 5.74) is 2.80. The molecule has 3 aliphatic heterocycles. The van der Waals surface area contributed by atoms with Gasteiger partial charge in [0.2, 0.25) is 11.8 Å². The van der Waals surface area contributed by atoms with E-state index in [0.29, 0.717) is 56.4 Å². The average Bonchev–Trinajstić information content (AvgIpc) is 3.62. The highest BCUT2D eigenvalue weighted by molar-refractivity contribution is 6.12. The van der Waals surface area contributed by atoms with Gasteiger partial charge in [-0.15, -0.1) is 0 Å². The highest BCUT2D eigenvalue weighted by Gasteiger charge is 2.62. The molecule has 1 aromatic heterocycles. The van der Waals surface area contributed by atoms with Gasteiger partial charge in [0.05, 0.1) is 18.3 Å². The van der Waals surface area contributed by atoms with Crippen LogP contribution in [-0.4, -0.2) is 58.6 Å². The van der Waals surface area contributed by atoms with E-state index in [-0.39, 0.29) is 24.3 Å². The highest BCUT2D eigenvalue weighted by Crippen LogP contribution is 2.57. The van der Waals surface area contributed by atoms with Crippen LogP contribution < -0.4 is 15.0 Å². The lowest BCUT2D eigenvalue weighted by atomic mass is 9.72. The molecule has 4 bridgehead atoms. The van der Waals surface area contributed by atoms with Crippen LogP contribution in [0.3, 0.4) is 0 Å². The lowest BCUT2D eigenvalue weighted by Crippen LogP contribution is -2.48. The van der Waals surface area contributed by atoms with E-state index in [2.05, 4.69) is 19.2 Å². The number of amides is 3. The van der Waals surface area contributed by atoms with Gasteiger partial charge in [-0.3, -0.25) is 19.1 Å². The molecule has 2 aromatic carbocycles. The number of aromatic nitrogens is 2. The molecule has 9 heteroatoms. The van der Waals surface area contributed by atoms with Crippen LogP contribution in [0.2, 0.25) is 0 Å².